The Bertz CT molecular complexity index is 520. The first-order chi connectivity index (χ1) is 9.75. The van der Waals surface area contributed by atoms with Crippen molar-refractivity contribution in [3.8, 4) is 0 Å². The quantitative estimate of drug-likeness (QED) is 0.491. The van der Waals surface area contributed by atoms with Gasteiger partial charge >= 0.3 is 0 Å². The van der Waals surface area contributed by atoms with Crippen LogP contribution in [0.15, 0.2) is 48.5 Å². The zero-order valence-electron chi connectivity index (χ0n) is 12.3. The maximum atomic E-state index is 2.32. The summed E-state index contributed by atoms with van der Waals surface area (Å²) < 4.78 is 0. The Labute approximate surface area is 130 Å². The van der Waals surface area contributed by atoms with E-state index in [0.717, 1.165) is 0 Å². The lowest BCUT2D eigenvalue weighted by Gasteiger charge is -2.05. The number of rotatable bonds is 7. The fourth-order valence-corrected chi connectivity index (χ4v) is 4.12. The lowest BCUT2D eigenvalue weighted by Crippen LogP contribution is -1.91. The van der Waals surface area contributed by atoms with Gasteiger partial charge in [-0.15, -0.1) is 0 Å². The maximum absolute atomic E-state index is 2.32. The van der Waals surface area contributed by atoms with E-state index in [0.29, 0.717) is 0 Å². The lowest BCUT2D eigenvalue weighted by atomic mass is 10.1. The third kappa shape index (κ3) is 5.26. The largest absolute Gasteiger partial charge is 0.0938 e. The molecule has 2 aromatic carbocycles. The summed E-state index contributed by atoms with van der Waals surface area (Å²) in [5.74, 6) is 2.39. The van der Waals surface area contributed by atoms with Crippen LogP contribution in [0.2, 0.25) is 0 Å². The second-order valence-corrected chi connectivity index (χ2v) is 7.75. The molecule has 0 unspecified atom stereocenters. The summed E-state index contributed by atoms with van der Waals surface area (Å²) in [4.78, 5) is 0. The molecule has 0 spiro atoms. The minimum atomic E-state index is 1.17. The molecule has 2 rings (SSSR count). The van der Waals surface area contributed by atoms with Crippen LogP contribution in [-0.2, 0) is 12.8 Å². The van der Waals surface area contributed by atoms with Crippen LogP contribution in [0.25, 0.3) is 0 Å². The predicted molar refractivity (Wildman–Crippen MR) is 94.7 cm³/mol. The minimum absolute atomic E-state index is 1.17. The molecule has 0 nitrogen and oxygen atoms in total. The normalized spacial score (nSPS) is 10.7. The number of hydrogen-bond donors (Lipinski definition) is 0. The van der Waals surface area contributed by atoms with E-state index < -0.39 is 0 Å². The van der Waals surface area contributed by atoms with E-state index in [1.807, 2.05) is 21.6 Å². The van der Waals surface area contributed by atoms with E-state index in [1.54, 1.807) is 0 Å². The van der Waals surface area contributed by atoms with Crippen LogP contribution in [0.4, 0.5) is 0 Å². The average Bonchev–Trinajstić information content (AvgIpc) is 2.47. The molecule has 0 N–H and O–H groups in total. The predicted octanol–water partition coefficient (Wildman–Crippen LogP) is 5.47. The van der Waals surface area contributed by atoms with Gasteiger partial charge in [0.15, 0.2) is 0 Å². The summed E-state index contributed by atoms with van der Waals surface area (Å²) in [6.45, 7) is 4.37. The molecule has 0 amide bonds. The van der Waals surface area contributed by atoms with Crippen molar-refractivity contribution in [2.45, 2.75) is 26.7 Å². The standard InChI is InChI=1S/C18H22S2/c1-15-8-9-18(14-16(15)2)11-13-20-19-12-10-17-6-4-3-5-7-17/h3-9,14H,10-13H2,1-2H3. The third-order valence-electron chi connectivity index (χ3n) is 3.45. The van der Waals surface area contributed by atoms with Gasteiger partial charge in [0.2, 0.25) is 0 Å². The molecule has 0 aliphatic rings. The molecular formula is C18H22S2. The molecule has 0 fully saturated rings. The second kappa shape index (κ2) is 8.43. The Kier molecular flexibility index (Phi) is 6.55. The molecule has 0 aliphatic heterocycles. The van der Waals surface area contributed by atoms with Crippen LogP contribution in [0, 0.1) is 13.8 Å². The highest BCUT2D eigenvalue weighted by Crippen LogP contribution is 2.23. The molecule has 0 saturated carbocycles. The van der Waals surface area contributed by atoms with Gasteiger partial charge < -0.3 is 0 Å². The van der Waals surface area contributed by atoms with E-state index in [1.165, 1.54) is 46.6 Å². The Hall–Kier alpha value is -0.860. The lowest BCUT2D eigenvalue weighted by molar-refractivity contribution is 1.14. The minimum Gasteiger partial charge on any atom is -0.0938 e. The molecule has 0 atom stereocenters. The Balaban J connectivity index is 1.61. The molecule has 2 heteroatoms. The summed E-state index contributed by atoms with van der Waals surface area (Å²) in [5.41, 5.74) is 5.70. The fourth-order valence-electron chi connectivity index (χ4n) is 2.04. The van der Waals surface area contributed by atoms with Crippen molar-refractivity contribution in [3.63, 3.8) is 0 Å². The van der Waals surface area contributed by atoms with Crippen LogP contribution < -0.4 is 0 Å². The van der Waals surface area contributed by atoms with Gasteiger partial charge in [0.1, 0.15) is 0 Å². The van der Waals surface area contributed by atoms with Gasteiger partial charge in [-0.1, -0.05) is 70.1 Å². The van der Waals surface area contributed by atoms with Crippen molar-refractivity contribution < 1.29 is 0 Å². The smallest absolute Gasteiger partial charge is 0.00774 e. The molecule has 106 valence electrons. The van der Waals surface area contributed by atoms with E-state index in [9.17, 15) is 0 Å². The van der Waals surface area contributed by atoms with Crippen LogP contribution >= 0.6 is 21.6 Å². The van der Waals surface area contributed by atoms with Gasteiger partial charge in [-0.3, -0.25) is 0 Å². The Morgan fingerprint density at radius 2 is 1.35 bits per heavy atom. The van der Waals surface area contributed by atoms with Crippen LogP contribution in [-0.4, -0.2) is 11.5 Å². The van der Waals surface area contributed by atoms with Crippen molar-refractivity contribution in [1.29, 1.82) is 0 Å². The highest BCUT2D eigenvalue weighted by Gasteiger charge is 1.98. The van der Waals surface area contributed by atoms with Crippen molar-refractivity contribution in [1.82, 2.24) is 0 Å². The Morgan fingerprint density at radius 3 is 2.00 bits per heavy atom. The zero-order chi connectivity index (χ0) is 14.2. The van der Waals surface area contributed by atoms with Gasteiger partial charge in [-0.2, -0.15) is 0 Å². The van der Waals surface area contributed by atoms with Crippen molar-refractivity contribution in [2.75, 3.05) is 11.5 Å². The molecule has 2 aromatic rings. The first-order valence-corrected chi connectivity index (χ1v) is 9.59. The summed E-state index contributed by atoms with van der Waals surface area (Å²) in [5, 5.41) is 0. The van der Waals surface area contributed by atoms with Crippen molar-refractivity contribution in [2.24, 2.45) is 0 Å². The second-order valence-electron chi connectivity index (χ2n) is 5.05. The molecule has 0 radical (unpaired) electrons. The molecule has 0 aliphatic carbocycles. The van der Waals surface area contributed by atoms with Gasteiger partial charge in [0, 0.05) is 11.5 Å². The van der Waals surface area contributed by atoms with Crippen LogP contribution in [0.1, 0.15) is 22.3 Å². The summed E-state index contributed by atoms with van der Waals surface area (Å²) in [6, 6.07) is 17.6. The molecule has 0 saturated heterocycles. The van der Waals surface area contributed by atoms with Crippen LogP contribution in [0.5, 0.6) is 0 Å². The van der Waals surface area contributed by atoms with E-state index >= 15 is 0 Å². The molecule has 0 bridgehead atoms. The summed E-state index contributed by atoms with van der Waals surface area (Å²) in [6.07, 6.45) is 2.34. The SMILES string of the molecule is Cc1ccc(CCSSCCc2ccccc2)cc1C. The third-order valence-corrected chi connectivity index (χ3v) is 5.85. The highest BCUT2D eigenvalue weighted by molar-refractivity contribution is 8.76. The summed E-state index contributed by atoms with van der Waals surface area (Å²) in [7, 11) is 3.99. The van der Waals surface area contributed by atoms with E-state index in [4.69, 9.17) is 0 Å². The molecule has 20 heavy (non-hydrogen) atoms. The zero-order valence-corrected chi connectivity index (χ0v) is 13.9. The molecular weight excluding hydrogens is 280 g/mol. The number of aryl methyl sites for hydroxylation is 4. The molecule has 0 aromatic heterocycles. The van der Waals surface area contributed by atoms with Crippen molar-refractivity contribution >= 4 is 21.6 Å². The van der Waals surface area contributed by atoms with Crippen molar-refractivity contribution in [3.05, 3.63) is 70.8 Å². The van der Waals surface area contributed by atoms with E-state index in [2.05, 4.69) is 62.4 Å². The maximum Gasteiger partial charge on any atom is 0.00774 e. The van der Waals surface area contributed by atoms with Gasteiger partial charge in [0.05, 0.1) is 0 Å². The first-order valence-electron chi connectivity index (χ1n) is 7.10. The van der Waals surface area contributed by atoms with Gasteiger partial charge in [-0.05, 0) is 48.9 Å². The average molecular weight is 303 g/mol. The Morgan fingerprint density at radius 1 is 0.700 bits per heavy atom. The molecule has 0 heterocycles. The van der Waals surface area contributed by atoms with E-state index in [-0.39, 0.29) is 0 Å². The van der Waals surface area contributed by atoms with Gasteiger partial charge in [-0.25, -0.2) is 0 Å². The monoisotopic (exact) mass is 302 g/mol. The number of hydrogen-bond acceptors (Lipinski definition) is 2. The topological polar surface area (TPSA) is 0 Å². The fraction of sp³-hybridized carbons (Fsp3) is 0.333. The first kappa shape index (κ1) is 15.5. The highest BCUT2D eigenvalue weighted by atomic mass is 33.1. The number of benzene rings is 2. The summed E-state index contributed by atoms with van der Waals surface area (Å²) >= 11 is 0. The van der Waals surface area contributed by atoms with Crippen LogP contribution in [0.3, 0.4) is 0 Å². The van der Waals surface area contributed by atoms with Gasteiger partial charge in [0.25, 0.3) is 0 Å².